The Labute approximate surface area is 177 Å². The molecule has 2 heterocycles. The highest BCUT2D eigenvalue weighted by atomic mass is 16.5. The second kappa shape index (κ2) is 8.02. The number of imidazole rings is 1. The SMILES string of the molecule is COc1ccc(Cn2c(Oc3ccc(OC)cc3)nc3c2c(=O)n(C)c(=O)n3C)cc1. The zero-order valence-corrected chi connectivity index (χ0v) is 17.7. The number of ether oxygens (including phenoxy) is 3. The van der Waals surface area contributed by atoms with Crippen molar-refractivity contribution in [1.29, 1.82) is 0 Å². The molecule has 31 heavy (non-hydrogen) atoms. The van der Waals surface area contributed by atoms with E-state index in [0.29, 0.717) is 18.0 Å². The van der Waals surface area contributed by atoms with Crippen LogP contribution in [0.4, 0.5) is 0 Å². The first kappa shape index (κ1) is 20.3. The van der Waals surface area contributed by atoms with Gasteiger partial charge in [0, 0.05) is 14.1 Å². The van der Waals surface area contributed by atoms with Crippen LogP contribution in [-0.4, -0.2) is 32.9 Å². The number of aryl methyl sites for hydroxylation is 1. The van der Waals surface area contributed by atoms with Gasteiger partial charge in [-0.15, -0.1) is 0 Å². The van der Waals surface area contributed by atoms with Crippen molar-refractivity contribution in [1.82, 2.24) is 18.7 Å². The lowest BCUT2D eigenvalue weighted by atomic mass is 10.2. The summed E-state index contributed by atoms with van der Waals surface area (Å²) in [6.45, 7) is 0.319. The molecule has 0 saturated heterocycles. The second-order valence-corrected chi connectivity index (χ2v) is 6.98. The minimum absolute atomic E-state index is 0.203. The number of hydrogen-bond donors (Lipinski definition) is 0. The standard InChI is InChI=1S/C22H22N4O5/c1-24-19-18(20(27)25(2)22(24)28)26(13-14-5-7-15(29-3)8-6-14)21(23-19)31-17-11-9-16(30-4)10-12-17/h5-12H,13H2,1-4H3. The highest BCUT2D eigenvalue weighted by Gasteiger charge is 2.21. The number of fused-ring (bicyclic) bond motifs is 1. The summed E-state index contributed by atoms with van der Waals surface area (Å²) in [5.74, 6) is 1.94. The number of hydrogen-bond acceptors (Lipinski definition) is 6. The third-order valence-electron chi connectivity index (χ3n) is 5.08. The number of aromatic nitrogens is 4. The zero-order valence-electron chi connectivity index (χ0n) is 17.7. The van der Waals surface area contributed by atoms with Crippen molar-refractivity contribution in [2.24, 2.45) is 14.1 Å². The maximum Gasteiger partial charge on any atom is 0.332 e. The van der Waals surface area contributed by atoms with Crippen molar-refractivity contribution in [2.75, 3.05) is 14.2 Å². The summed E-state index contributed by atoms with van der Waals surface area (Å²) >= 11 is 0. The Kier molecular flexibility index (Phi) is 5.24. The van der Waals surface area contributed by atoms with Gasteiger partial charge in [-0.1, -0.05) is 12.1 Å². The van der Waals surface area contributed by atoms with E-state index in [1.54, 1.807) is 50.1 Å². The lowest BCUT2D eigenvalue weighted by Gasteiger charge is -2.11. The molecule has 0 saturated carbocycles. The van der Waals surface area contributed by atoms with E-state index in [1.165, 1.54) is 11.6 Å². The molecule has 0 spiro atoms. The molecule has 4 rings (SSSR count). The Bertz CT molecular complexity index is 1350. The molecule has 2 aromatic heterocycles. The van der Waals surface area contributed by atoms with Crippen LogP contribution >= 0.6 is 0 Å². The van der Waals surface area contributed by atoms with Crippen molar-refractivity contribution in [3.05, 3.63) is 74.9 Å². The van der Waals surface area contributed by atoms with Gasteiger partial charge in [-0.3, -0.25) is 18.5 Å². The highest BCUT2D eigenvalue weighted by Crippen LogP contribution is 2.27. The number of methoxy groups -OCH3 is 2. The molecule has 0 N–H and O–H groups in total. The summed E-state index contributed by atoms with van der Waals surface area (Å²) in [6, 6.07) is 14.7. The predicted molar refractivity (Wildman–Crippen MR) is 115 cm³/mol. The average Bonchev–Trinajstić information content (AvgIpc) is 3.15. The van der Waals surface area contributed by atoms with Crippen LogP contribution in [0.2, 0.25) is 0 Å². The van der Waals surface area contributed by atoms with Gasteiger partial charge < -0.3 is 14.2 Å². The van der Waals surface area contributed by atoms with Crippen molar-refractivity contribution >= 4 is 11.2 Å². The number of benzene rings is 2. The normalized spacial score (nSPS) is 11.0. The van der Waals surface area contributed by atoms with E-state index in [0.717, 1.165) is 15.9 Å². The van der Waals surface area contributed by atoms with Crippen LogP contribution in [0, 0.1) is 0 Å². The highest BCUT2D eigenvalue weighted by molar-refractivity contribution is 5.72. The quantitative estimate of drug-likeness (QED) is 0.474. The van der Waals surface area contributed by atoms with Gasteiger partial charge in [0.15, 0.2) is 11.2 Å². The second-order valence-electron chi connectivity index (χ2n) is 6.98. The Morgan fingerprint density at radius 2 is 1.35 bits per heavy atom. The van der Waals surface area contributed by atoms with Crippen LogP contribution in [0.25, 0.3) is 11.2 Å². The van der Waals surface area contributed by atoms with Gasteiger partial charge in [-0.25, -0.2) is 4.79 Å². The topological polar surface area (TPSA) is 89.5 Å². The van der Waals surface area contributed by atoms with Gasteiger partial charge in [-0.2, -0.15) is 4.98 Å². The fourth-order valence-electron chi connectivity index (χ4n) is 3.31. The fourth-order valence-corrected chi connectivity index (χ4v) is 3.31. The van der Waals surface area contributed by atoms with Crippen LogP contribution in [0.1, 0.15) is 5.56 Å². The first-order valence-electron chi connectivity index (χ1n) is 9.54. The van der Waals surface area contributed by atoms with Gasteiger partial charge >= 0.3 is 11.7 Å². The van der Waals surface area contributed by atoms with Crippen molar-refractivity contribution in [2.45, 2.75) is 6.54 Å². The first-order valence-corrected chi connectivity index (χ1v) is 9.54. The summed E-state index contributed by atoms with van der Waals surface area (Å²) < 4.78 is 20.5. The third kappa shape index (κ3) is 3.65. The predicted octanol–water partition coefficient (Wildman–Crippen LogP) is 2.29. The molecule has 0 aliphatic heterocycles. The van der Waals surface area contributed by atoms with E-state index in [1.807, 2.05) is 24.3 Å². The van der Waals surface area contributed by atoms with Crippen molar-refractivity contribution < 1.29 is 14.2 Å². The van der Waals surface area contributed by atoms with Gasteiger partial charge in [-0.05, 0) is 42.0 Å². The van der Waals surface area contributed by atoms with Crippen LogP contribution in [0.15, 0.2) is 58.1 Å². The van der Waals surface area contributed by atoms with Gasteiger partial charge in [0.1, 0.15) is 17.2 Å². The molecule has 160 valence electrons. The van der Waals surface area contributed by atoms with E-state index in [-0.39, 0.29) is 17.2 Å². The summed E-state index contributed by atoms with van der Waals surface area (Å²) in [4.78, 5) is 29.8. The molecule has 0 fully saturated rings. The molecular formula is C22H22N4O5. The lowest BCUT2D eigenvalue weighted by molar-refractivity contribution is 0.406. The Morgan fingerprint density at radius 1 is 0.806 bits per heavy atom. The van der Waals surface area contributed by atoms with Crippen molar-refractivity contribution in [3.8, 4) is 23.3 Å². The third-order valence-corrected chi connectivity index (χ3v) is 5.08. The molecule has 0 bridgehead atoms. The van der Waals surface area contributed by atoms with Crippen LogP contribution in [-0.2, 0) is 20.6 Å². The van der Waals surface area contributed by atoms with Crippen LogP contribution in [0.3, 0.4) is 0 Å². The first-order chi connectivity index (χ1) is 14.9. The molecule has 0 aliphatic rings. The monoisotopic (exact) mass is 422 g/mol. The molecule has 0 atom stereocenters. The molecule has 0 radical (unpaired) electrons. The molecule has 0 unspecified atom stereocenters. The maximum absolute atomic E-state index is 13.0. The van der Waals surface area contributed by atoms with Crippen LogP contribution in [0.5, 0.6) is 23.3 Å². The molecule has 9 nitrogen and oxygen atoms in total. The smallest absolute Gasteiger partial charge is 0.332 e. The number of nitrogens with zero attached hydrogens (tertiary/aromatic N) is 4. The summed E-state index contributed by atoms with van der Waals surface area (Å²) in [5, 5.41) is 0. The molecule has 9 heteroatoms. The summed E-state index contributed by atoms with van der Waals surface area (Å²) in [5.41, 5.74) is 0.552. The van der Waals surface area contributed by atoms with E-state index >= 15 is 0 Å². The Morgan fingerprint density at radius 3 is 1.94 bits per heavy atom. The van der Waals surface area contributed by atoms with Crippen molar-refractivity contribution in [3.63, 3.8) is 0 Å². The average molecular weight is 422 g/mol. The molecule has 2 aromatic carbocycles. The molecule has 0 aliphatic carbocycles. The van der Waals surface area contributed by atoms with E-state index < -0.39 is 11.2 Å². The Hall–Kier alpha value is -4.01. The van der Waals surface area contributed by atoms with E-state index in [2.05, 4.69) is 4.98 Å². The lowest BCUT2D eigenvalue weighted by Crippen LogP contribution is -2.37. The molecular weight excluding hydrogens is 400 g/mol. The molecule has 0 amide bonds. The van der Waals surface area contributed by atoms with Gasteiger partial charge in [0.05, 0.1) is 20.8 Å². The van der Waals surface area contributed by atoms with E-state index in [9.17, 15) is 9.59 Å². The number of rotatable bonds is 6. The van der Waals surface area contributed by atoms with Gasteiger partial charge in [0.2, 0.25) is 0 Å². The maximum atomic E-state index is 13.0. The fraction of sp³-hybridized carbons (Fsp3) is 0.227. The summed E-state index contributed by atoms with van der Waals surface area (Å²) in [6.07, 6.45) is 0. The minimum atomic E-state index is -0.456. The Balaban J connectivity index is 1.87. The van der Waals surface area contributed by atoms with E-state index in [4.69, 9.17) is 14.2 Å². The largest absolute Gasteiger partial charge is 0.497 e. The zero-order chi connectivity index (χ0) is 22.1. The summed E-state index contributed by atoms with van der Waals surface area (Å²) in [7, 11) is 6.20. The minimum Gasteiger partial charge on any atom is -0.497 e. The van der Waals surface area contributed by atoms with Crippen LogP contribution < -0.4 is 25.5 Å². The molecule has 4 aromatic rings. The van der Waals surface area contributed by atoms with Gasteiger partial charge in [0.25, 0.3) is 5.56 Å².